The Bertz CT molecular complexity index is 489. The second kappa shape index (κ2) is 12.5. The van der Waals surface area contributed by atoms with Gasteiger partial charge in [0.25, 0.3) is 0 Å². The predicted molar refractivity (Wildman–Crippen MR) is 116 cm³/mol. The van der Waals surface area contributed by atoms with Crippen LogP contribution in [0.5, 0.6) is 0 Å². The van der Waals surface area contributed by atoms with Crippen LogP contribution in [0.1, 0.15) is 31.9 Å². The van der Waals surface area contributed by atoms with Crippen molar-refractivity contribution < 1.29 is 4.74 Å². The lowest BCUT2D eigenvalue weighted by atomic mass is 10.0. The van der Waals surface area contributed by atoms with Gasteiger partial charge in [0.15, 0.2) is 5.96 Å². The van der Waals surface area contributed by atoms with E-state index in [2.05, 4.69) is 64.7 Å². The van der Waals surface area contributed by atoms with Gasteiger partial charge in [-0.15, -0.1) is 24.0 Å². The fourth-order valence-corrected chi connectivity index (χ4v) is 2.92. The molecule has 142 valence electrons. The normalized spacial score (nSPS) is 17.0. The molecule has 5 nitrogen and oxygen atoms in total. The van der Waals surface area contributed by atoms with E-state index >= 15 is 0 Å². The molecular weight excluding hydrogens is 427 g/mol. The molecule has 0 amide bonds. The average molecular weight is 460 g/mol. The van der Waals surface area contributed by atoms with Gasteiger partial charge in [0, 0.05) is 33.2 Å². The number of nitrogens with one attached hydrogen (secondary N) is 2. The van der Waals surface area contributed by atoms with Crippen LogP contribution in [0.15, 0.2) is 35.3 Å². The second-order valence-corrected chi connectivity index (χ2v) is 6.64. The number of benzene rings is 1. The largest absolute Gasteiger partial charge is 0.379 e. The molecule has 0 aromatic heterocycles. The van der Waals surface area contributed by atoms with Gasteiger partial charge in [-0.25, -0.2) is 0 Å². The number of nitrogens with zero attached hydrogens (tertiary/aromatic N) is 2. The van der Waals surface area contributed by atoms with Gasteiger partial charge in [0.1, 0.15) is 0 Å². The van der Waals surface area contributed by atoms with Gasteiger partial charge in [0.05, 0.1) is 19.3 Å². The molecule has 1 aliphatic rings. The molecule has 2 N–H and O–H groups in total. The highest BCUT2D eigenvalue weighted by atomic mass is 127. The van der Waals surface area contributed by atoms with Crippen molar-refractivity contribution in [1.29, 1.82) is 0 Å². The smallest absolute Gasteiger partial charge is 0.191 e. The first-order chi connectivity index (χ1) is 11.7. The lowest BCUT2D eigenvalue weighted by Gasteiger charge is -2.35. The summed E-state index contributed by atoms with van der Waals surface area (Å²) in [6.07, 6.45) is 1.15. The van der Waals surface area contributed by atoms with E-state index in [4.69, 9.17) is 4.74 Å². The van der Waals surface area contributed by atoms with Gasteiger partial charge in [-0.05, 0) is 17.9 Å². The van der Waals surface area contributed by atoms with E-state index in [-0.39, 0.29) is 24.0 Å². The molecule has 1 aliphatic heterocycles. The number of hydrogen-bond acceptors (Lipinski definition) is 3. The van der Waals surface area contributed by atoms with E-state index in [1.807, 2.05) is 7.05 Å². The van der Waals surface area contributed by atoms with Gasteiger partial charge in [-0.2, -0.15) is 0 Å². The third-order valence-electron chi connectivity index (χ3n) is 4.37. The molecular formula is C19H33IN4O. The molecule has 25 heavy (non-hydrogen) atoms. The first-order valence-electron chi connectivity index (χ1n) is 9.02. The first kappa shape index (κ1) is 22.2. The number of rotatable bonds is 7. The molecule has 0 spiro atoms. The van der Waals surface area contributed by atoms with Gasteiger partial charge < -0.3 is 15.4 Å². The van der Waals surface area contributed by atoms with E-state index in [1.165, 1.54) is 5.56 Å². The number of halogens is 1. The van der Waals surface area contributed by atoms with Crippen molar-refractivity contribution in [1.82, 2.24) is 15.5 Å². The quantitative estimate of drug-likeness (QED) is 0.373. The zero-order valence-electron chi connectivity index (χ0n) is 15.7. The van der Waals surface area contributed by atoms with Crippen LogP contribution >= 0.6 is 24.0 Å². The molecule has 1 aromatic carbocycles. The molecule has 1 atom stereocenters. The topological polar surface area (TPSA) is 48.9 Å². The summed E-state index contributed by atoms with van der Waals surface area (Å²) in [5.41, 5.74) is 1.34. The monoisotopic (exact) mass is 460 g/mol. The summed E-state index contributed by atoms with van der Waals surface area (Å²) >= 11 is 0. The maximum absolute atomic E-state index is 5.51. The van der Waals surface area contributed by atoms with E-state index < -0.39 is 0 Å². The predicted octanol–water partition coefficient (Wildman–Crippen LogP) is 2.89. The van der Waals surface area contributed by atoms with Crippen LogP contribution in [0.3, 0.4) is 0 Å². The summed E-state index contributed by atoms with van der Waals surface area (Å²) in [4.78, 5) is 6.84. The van der Waals surface area contributed by atoms with E-state index in [1.54, 1.807) is 0 Å². The molecule has 0 bridgehead atoms. The Balaban J connectivity index is 0.00000312. The summed E-state index contributed by atoms with van der Waals surface area (Å²) in [6, 6.07) is 11.0. The third kappa shape index (κ3) is 7.92. The van der Waals surface area contributed by atoms with Crippen molar-refractivity contribution in [3.8, 4) is 0 Å². The maximum Gasteiger partial charge on any atom is 0.191 e. The molecule has 1 unspecified atom stereocenters. The number of ether oxygens (including phenoxy) is 1. The summed E-state index contributed by atoms with van der Waals surface area (Å²) in [5.74, 6) is 1.57. The average Bonchev–Trinajstić information content (AvgIpc) is 2.62. The van der Waals surface area contributed by atoms with E-state index in [0.717, 1.165) is 51.8 Å². The lowest BCUT2D eigenvalue weighted by Crippen LogP contribution is -2.46. The SMILES string of the molecule is CN=C(NCCC(C)C)NCC(c1ccccc1)N1CCOCC1.I. The fourth-order valence-electron chi connectivity index (χ4n) is 2.92. The fraction of sp³-hybridized carbons (Fsp3) is 0.632. The molecule has 1 saturated heterocycles. The van der Waals surface area contributed by atoms with Crippen molar-refractivity contribution in [2.75, 3.05) is 46.4 Å². The van der Waals surface area contributed by atoms with Crippen LogP contribution in [-0.2, 0) is 4.74 Å². The van der Waals surface area contributed by atoms with Crippen molar-refractivity contribution in [2.24, 2.45) is 10.9 Å². The summed E-state index contributed by atoms with van der Waals surface area (Å²) in [7, 11) is 1.83. The Morgan fingerprint density at radius 1 is 1.16 bits per heavy atom. The molecule has 0 radical (unpaired) electrons. The lowest BCUT2D eigenvalue weighted by molar-refractivity contribution is 0.0170. The molecule has 2 rings (SSSR count). The van der Waals surface area contributed by atoms with Crippen LogP contribution in [0.4, 0.5) is 0 Å². The van der Waals surface area contributed by atoms with Crippen LogP contribution in [0.25, 0.3) is 0 Å². The van der Waals surface area contributed by atoms with Crippen LogP contribution in [0.2, 0.25) is 0 Å². The van der Waals surface area contributed by atoms with Gasteiger partial charge in [0.2, 0.25) is 0 Å². The van der Waals surface area contributed by atoms with Crippen LogP contribution < -0.4 is 10.6 Å². The van der Waals surface area contributed by atoms with Crippen LogP contribution in [0, 0.1) is 5.92 Å². The number of guanidine groups is 1. The minimum absolute atomic E-state index is 0. The highest BCUT2D eigenvalue weighted by Crippen LogP contribution is 2.20. The highest BCUT2D eigenvalue weighted by Gasteiger charge is 2.22. The standard InChI is InChI=1S/C19H32N4O.HI/c1-16(2)9-10-21-19(20-3)22-15-18(17-7-5-4-6-8-17)23-11-13-24-14-12-23;/h4-8,16,18H,9-15H2,1-3H3,(H2,20,21,22);1H. The summed E-state index contributed by atoms with van der Waals surface area (Å²) < 4.78 is 5.51. The minimum Gasteiger partial charge on any atom is -0.379 e. The van der Waals surface area contributed by atoms with Crippen molar-refractivity contribution in [2.45, 2.75) is 26.3 Å². The molecule has 6 heteroatoms. The summed E-state index contributed by atoms with van der Waals surface area (Å²) in [5, 5.41) is 6.90. The van der Waals surface area contributed by atoms with Crippen LogP contribution in [-0.4, -0.2) is 57.3 Å². The van der Waals surface area contributed by atoms with Crippen molar-refractivity contribution in [3.63, 3.8) is 0 Å². The Hall–Kier alpha value is -0.860. The van der Waals surface area contributed by atoms with Crippen molar-refractivity contribution >= 4 is 29.9 Å². The Labute approximate surface area is 169 Å². The van der Waals surface area contributed by atoms with Gasteiger partial charge in [-0.3, -0.25) is 9.89 Å². The molecule has 1 aromatic rings. The summed E-state index contributed by atoms with van der Waals surface area (Å²) in [6.45, 7) is 9.83. The van der Waals surface area contributed by atoms with E-state index in [9.17, 15) is 0 Å². The number of hydrogen-bond donors (Lipinski definition) is 2. The zero-order valence-corrected chi connectivity index (χ0v) is 18.0. The highest BCUT2D eigenvalue weighted by molar-refractivity contribution is 14.0. The van der Waals surface area contributed by atoms with Crippen molar-refractivity contribution in [3.05, 3.63) is 35.9 Å². The third-order valence-corrected chi connectivity index (χ3v) is 4.37. The Morgan fingerprint density at radius 3 is 2.44 bits per heavy atom. The maximum atomic E-state index is 5.51. The van der Waals surface area contributed by atoms with E-state index in [0.29, 0.717) is 12.0 Å². The Morgan fingerprint density at radius 2 is 1.84 bits per heavy atom. The van der Waals surface area contributed by atoms with Gasteiger partial charge >= 0.3 is 0 Å². The number of aliphatic imine (C=N–C) groups is 1. The Kier molecular flexibility index (Phi) is 11.1. The molecule has 0 saturated carbocycles. The zero-order chi connectivity index (χ0) is 17.2. The molecule has 1 heterocycles. The second-order valence-electron chi connectivity index (χ2n) is 6.64. The van der Waals surface area contributed by atoms with Gasteiger partial charge in [-0.1, -0.05) is 44.2 Å². The molecule has 0 aliphatic carbocycles. The first-order valence-corrected chi connectivity index (χ1v) is 9.02. The minimum atomic E-state index is 0. The number of morpholine rings is 1. The molecule has 1 fully saturated rings.